The van der Waals surface area contributed by atoms with Gasteiger partial charge < -0.3 is 4.90 Å². The van der Waals surface area contributed by atoms with Crippen molar-refractivity contribution in [2.45, 2.75) is 32.6 Å². The molecule has 1 N–H and O–H groups in total. The van der Waals surface area contributed by atoms with Crippen LogP contribution in [-0.2, 0) is 6.42 Å². The van der Waals surface area contributed by atoms with Crippen LogP contribution in [0.2, 0.25) is 0 Å². The summed E-state index contributed by atoms with van der Waals surface area (Å²) in [5.74, 6) is -0.00193. The largest absolute Gasteiger partial charge is 0.337 e. The number of hydrogen-bond acceptors (Lipinski definition) is 4. The van der Waals surface area contributed by atoms with Crippen molar-refractivity contribution in [2.24, 2.45) is 0 Å². The molecule has 134 valence electrons. The zero-order valence-corrected chi connectivity index (χ0v) is 14.9. The number of carbonyl (C=O) groups excluding carboxylic acids is 1. The lowest BCUT2D eigenvalue weighted by Crippen LogP contribution is -2.29. The number of aromatic nitrogens is 4. The molecular weight excluding hydrogens is 330 g/mol. The van der Waals surface area contributed by atoms with Gasteiger partial charge in [0.2, 0.25) is 0 Å². The van der Waals surface area contributed by atoms with Gasteiger partial charge in [-0.2, -0.15) is 0 Å². The Balaban J connectivity index is 1.63. The first-order valence-corrected chi connectivity index (χ1v) is 8.90. The van der Waals surface area contributed by atoms with E-state index in [1.807, 2.05) is 13.0 Å². The van der Waals surface area contributed by atoms with Gasteiger partial charge in [-0.25, -0.2) is 9.50 Å². The summed E-state index contributed by atoms with van der Waals surface area (Å²) in [6.07, 6.45) is 3.23. The third-order valence-corrected chi connectivity index (χ3v) is 5.07. The molecule has 4 heterocycles. The number of fused-ring (bicyclic) bond motifs is 1. The lowest BCUT2D eigenvalue weighted by Gasteiger charge is -2.16. The molecule has 0 saturated carbocycles. The Bertz CT molecular complexity index is 1020. The van der Waals surface area contributed by atoms with Crippen LogP contribution in [0.25, 0.3) is 5.65 Å². The summed E-state index contributed by atoms with van der Waals surface area (Å²) < 4.78 is 1.50. The van der Waals surface area contributed by atoms with E-state index in [1.54, 1.807) is 29.3 Å². The average Bonchev–Trinajstić information content (AvgIpc) is 3.26. The molecular formula is C19H21N5O2. The number of aryl methyl sites for hydroxylation is 2. The van der Waals surface area contributed by atoms with Crippen LogP contribution >= 0.6 is 0 Å². The van der Waals surface area contributed by atoms with Crippen molar-refractivity contribution in [1.29, 1.82) is 0 Å². The van der Waals surface area contributed by atoms with E-state index in [1.165, 1.54) is 4.52 Å². The van der Waals surface area contributed by atoms with Crippen molar-refractivity contribution in [1.82, 2.24) is 24.5 Å². The molecule has 0 bridgehead atoms. The van der Waals surface area contributed by atoms with Crippen molar-refractivity contribution in [3.05, 3.63) is 63.5 Å². The Kier molecular flexibility index (Phi) is 4.06. The van der Waals surface area contributed by atoms with E-state index in [9.17, 15) is 9.59 Å². The molecule has 7 nitrogen and oxygen atoms in total. The minimum absolute atomic E-state index is 0.0697. The number of nitrogens with zero attached hydrogens (tertiary/aromatic N) is 4. The Hall–Kier alpha value is -2.96. The molecule has 1 unspecified atom stereocenters. The molecule has 3 aromatic rings. The van der Waals surface area contributed by atoms with E-state index in [0.717, 1.165) is 29.8 Å². The van der Waals surface area contributed by atoms with E-state index in [2.05, 4.69) is 17.0 Å². The van der Waals surface area contributed by atoms with Crippen LogP contribution in [0.1, 0.15) is 46.7 Å². The number of amides is 1. The third kappa shape index (κ3) is 2.69. The highest BCUT2D eigenvalue weighted by molar-refractivity contribution is 5.92. The van der Waals surface area contributed by atoms with Crippen LogP contribution in [0.3, 0.4) is 0 Å². The fraction of sp³-hybridized carbons (Fsp3) is 0.368. The normalized spacial score (nSPS) is 17.2. The van der Waals surface area contributed by atoms with E-state index < -0.39 is 0 Å². The van der Waals surface area contributed by atoms with Gasteiger partial charge in [0.1, 0.15) is 5.69 Å². The van der Waals surface area contributed by atoms with Gasteiger partial charge >= 0.3 is 0 Å². The highest BCUT2D eigenvalue weighted by Crippen LogP contribution is 2.27. The van der Waals surface area contributed by atoms with Gasteiger partial charge in [0.25, 0.3) is 11.5 Å². The van der Waals surface area contributed by atoms with Crippen LogP contribution in [0, 0.1) is 6.92 Å². The topological polar surface area (TPSA) is 83.4 Å². The number of rotatable bonds is 3. The fourth-order valence-corrected chi connectivity index (χ4v) is 3.68. The fourth-order valence-electron chi connectivity index (χ4n) is 3.68. The summed E-state index contributed by atoms with van der Waals surface area (Å²) in [6.45, 7) is 5.21. The summed E-state index contributed by atoms with van der Waals surface area (Å²) >= 11 is 0. The van der Waals surface area contributed by atoms with Crippen molar-refractivity contribution in [3.63, 3.8) is 0 Å². The molecule has 1 aliphatic rings. The van der Waals surface area contributed by atoms with Crippen LogP contribution in [0.5, 0.6) is 0 Å². The molecule has 0 radical (unpaired) electrons. The summed E-state index contributed by atoms with van der Waals surface area (Å²) in [5, 5.41) is 3.08. The van der Waals surface area contributed by atoms with E-state index in [0.29, 0.717) is 24.4 Å². The smallest absolute Gasteiger partial charge is 0.272 e. The summed E-state index contributed by atoms with van der Waals surface area (Å²) in [6, 6.07) is 6.91. The lowest BCUT2D eigenvalue weighted by molar-refractivity contribution is 0.0785. The quantitative estimate of drug-likeness (QED) is 0.781. The highest BCUT2D eigenvalue weighted by atomic mass is 16.2. The SMILES string of the molecule is CCc1c(C)[nH]n2c(=O)cc(C3CCN(C(=O)c4ccccn4)C3)nc12. The van der Waals surface area contributed by atoms with Crippen LogP contribution in [-0.4, -0.2) is 43.5 Å². The Morgan fingerprint density at radius 2 is 2.23 bits per heavy atom. The number of hydrogen-bond donors (Lipinski definition) is 1. The average molecular weight is 351 g/mol. The number of aromatic amines is 1. The van der Waals surface area contributed by atoms with Crippen molar-refractivity contribution in [2.75, 3.05) is 13.1 Å². The molecule has 1 fully saturated rings. The van der Waals surface area contributed by atoms with Crippen LogP contribution < -0.4 is 5.56 Å². The zero-order valence-electron chi connectivity index (χ0n) is 14.9. The number of likely N-dealkylation sites (tertiary alicyclic amines) is 1. The van der Waals surface area contributed by atoms with Crippen LogP contribution in [0.4, 0.5) is 0 Å². The third-order valence-electron chi connectivity index (χ3n) is 5.07. The van der Waals surface area contributed by atoms with E-state index in [-0.39, 0.29) is 17.4 Å². The molecule has 1 aliphatic heterocycles. The minimum Gasteiger partial charge on any atom is -0.337 e. The maximum atomic E-state index is 12.6. The van der Waals surface area contributed by atoms with Crippen molar-refractivity contribution in [3.8, 4) is 0 Å². The van der Waals surface area contributed by atoms with Crippen LogP contribution in [0.15, 0.2) is 35.3 Å². The summed E-state index contributed by atoms with van der Waals surface area (Å²) in [5.41, 5.74) is 3.83. The molecule has 7 heteroatoms. The Labute approximate surface area is 150 Å². The van der Waals surface area contributed by atoms with Crippen molar-refractivity contribution < 1.29 is 4.79 Å². The van der Waals surface area contributed by atoms with Crippen molar-refractivity contribution >= 4 is 11.6 Å². The van der Waals surface area contributed by atoms with Gasteiger partial charge in [-0.15, -0.1) is 0 Å². The highest BCUT2D eigenvalue weighted by Gasteiger charge is 2.30. The molecule has 0 spiro atoms. The Morgan fingerprint density at radius 1 is 1.38 bits per heavy atom. The second-order valence-corrected chi connectivity index (χ2v) is 6.70. The number of carbonyl (C=O) groups is 1. The standard InChI is InChI=1S/C19H21N5O2/c1-3-14-12(2)22-24-17(25)10-16(21-18(14)24)13-7-9-23(11-13)19(26)15-6-4-5-8-20-15/h4-6,8,10,13,22H,3,7,9,11H2,1-2H3. The number of nitrogens with one attached hydrogen (secondary N) is 1. The van der Waals surface area contributed by atoms with Gasteiger partial charge in [-0.05, 0) is 31.9 Å². The van der Waals surface area contributed by atoms with Gasteiger partial charge in [0, 0.05) is 42.5 Å². The van der Waals surface area contributed by atoms with Gasteiger partial charge in [0.15, 0.2) is 5.65 Å². The molecule has 4 rings (SSSR count). The van der Waals surface area contributed by atoms with E-state index >= 15 is 0 Å². The monoisotopic (exact) mass is 351 g/mol. The molecule has 1 atom stereocenters. The molecule has 0 aromatic carbocycles. The van der Waals surface area contributed by atoms with Gasteiger partial charge in [-0.1, -0.05) is 13.0 Å². The Morgan fingerprint density at radius 3 is 2.96 bits per heavy atom. The molecule has 1 amide bonds. The first kappa shape index (κ1) is 16.5. The number of H-pyrrole nitrogens is 1. The summed E-state index contributed by atoms with van der Waals surface area (Å²) in [4.78, 5) is 35.7. The first-order valence-electron chi connectivity index (χ1n) is 8.90. The van der Waals surface area contributed by atoms with Gasteiger partial charge in [0.05, 0.1) is 5.69 Å². The second-order valence-electron chi connectivity index (χ2n) is 6.70. The predicted octanol–water partition coefficient (Wildman–Crippen LogP) is 1.92. The molecule has 0 aliphatic carbocycles. The maximum absolute atomic E-state index is 12.6. The molecule has 1 saturated heterocycles. The lowest BCUT2D eigenvalue weighted by atomic mass is 10.0. The number of pyridine rings is 1. The predicted molar refractivity (Wildman–Crippen MR) is 97.4 cm³/mol. The zero-order chi connectivity index (χ0) is 18.3. The van der Waals surface area contributed by atoms with E-state index in [4.69, 9.17) is 4.98 Å². The maximum Gasteiger partial charge on any atom is 0.272 e. The molecule has 3 aromatic heterocycles. The summed E-state index contributed by atoms with van der Waals surface area (Å²) in [7, 11) is 0. The molecule has 26 heavy (non-hydrogen) atoms. The second kappa shape index (κ2) is 6.40. The van der Waals surface area contributed by atoms with Gasteiger partial charge in [-0.3, -0.25) is 19.7 Å². The first-order chi connectivity index (χ1) is 12.6. The minimum atomic E-state index is -0.109.